The second kappa shape index (κ2) is 7.52. The average molecular weight is 318 g/mol. The zero-order chi connectivity index (χ0) is 13.6. The third-order valence-corrected chi connectivity index (χ3v) is 4.71. The van der Waals surface area contributed by atoms with Crippen LogP contribution in [0.5, 0.6) is 0 Å². The van der Waals surface area contributed by atoms with Crippen LogP contribution in [0, 0.1) is 11.3 Å². The number of rotatable bonds is 7. The highest BCUT2D eigenvalue weighted by Crippen LogP contribution is 2.43. The number of hydrogen-bond acceptors (Lipinski definition) is 1. The van der Waals surface area contributed by atoms with E-state index in [-0.39, 0.29) is 5.41 Å². The molecule has 0 saturated heterocycles. The molecule has 1 aliphatic rings. The zero-order valence-corrected chi connectivity index (χ0v) is 13.7. The SMILES string of the molecule is CCCC(Br)CNC(=O)C1(CC(C)C)CCCC1. The summed E-state index contributed by atoms with van der Waals surface area (Å²) in [5.41, 5.74) is -0.0624. The summed E-state index contributed by atoms with van der Waals surface area (Å²) in [5, 5.41) is 3.17. The number of hydrogen-bond donors (Lipinski definition) is 1. The summed E-state index contributed by atoms with van der Waals surface area (Å²) in [7, 11) is 0. The van der Waals surface area contributed by atoms with E-state index in [4.69, 9.17) is 0 Å². The maximum Gasteiger partial charge on any atom is 0.226 e. The summed E-state index contributed by atoms with van der Waals surface area (Å²) < 4.78 is 0. The lowest BCUT2D eigenvalue weighted by atomic mass is 9.77. The van der Waals surface area contributed by atoms with E-state index in [2.05, 4.69) is 42.0 Å². The zero-order valence-electron chi connectivity index (χ0n) is 12.1. The molecule has 0 aliphatic heterocycles. The van der Waals surface area contributed by atoms with E-state index in [1.54, 1.807) is 0 Å². The molecule has 0 aromatic heterocycles. The maximum atomic E-state index is 12.5. The molecule has 1 rings (SSSR count). The van der Waals surface area contributed by atoms with Crippen LogP contribution in [0.3, 0.4) is 0 Å². The molecule has 0 heterocycles. The second-order valence-electron chi connectivity index (χ2n) is 6.18. The van der Waals surface area contributed by atoms with E-state index >= 15 is 0 Å². The predicted octanol–water partition coefficient (Wildman–Crippen LogP) is 4.27. The fourth-order valence-corrected chi connectivity index (χ4v) is 3.78. The first-order chi connectivity index (χ1) is 8.50. The smallest absolute Gasteiger partial charge is 0.226 e. The number of carbonyl (C=O) groups excluding carboxylic acids is 1. The summed E-state index contributed by atoms with van der Waals surface area (Å²) in [6, 6.07) is 0. The van der Waals surface area contributed by atoms with Crippen LogP contribution in [0.1, 0.15) is 65.7 Å². The van der Waals surface area contributed by atoms with Crippen molar-refractivity contribution in [2.24, 2.45) is 11.3 Å². The molecule has 0 spiro atoms. The quantitative estimate of drug-likeness (QED) is 0.698. The van der Waals surface area contributed by atoms with Gasteiger partial charge in [0.25, 0.3) is 0 Å². The Bertz CT molecular complexity index is 259. The molecule has 0 radical (unpaired) electrons. The Morgan fingerprint density at radius 1 is 1.33 bits per heavy atom. The van der Waals surface area contributed by atoms with Crippen LogP contribution in [0.4, 0.5) is 0 Å². The molecule has 18 heavy (non-hydrogen) atoms. The van der Waals surface area contributed by atoms with E-state index in [1.165, 1.54) is 12.8 Å². The van der Waals surface area contributed by atoms with Gasteiger partial charge in [-0.1, -0.05) is 56.0 Å². The summed E-state index contributed by atoms with van der Waals surface area (Å²) in [6.07, 6.45) is 7.91. The Morgan fingerprint density at radius 3 is 2.44 bits per heavy atom. The number of halogens is 1. The first kappa shape index (κ1) is 16.0. The van der Waals surface area contributed by atoms with Crippen molar-refractivity contribution < 1.29 is 4.79 Å². The largest absolute Gasteiger partial charge is 0.354 e. The average Bonchev–Trinajstić information content (AvgIpc) is 2.75. The summed E-state index contributed by atoms with van der Waals surface area (Å²) in [5.74, 6) is 0.901. The summed E-state index contributed by atoms with van der Waals surface area (Å²) in [4.78, 5) is 12.9. The van der Waals surface area contributed by atoms with Gasteiger partial charge in [0.15, 0.2) is 0 Å². The third kappa shape index (κ3) is 4.56. The lowest BCUT2D eigenvalue weighted by molar-refractivity contribution is -0.131. The first-order valence-corrected chi connectivity index (χ1v) is 8.34. The van der Waals surface area contributed by atoms with Crippen LogP contribution in [0.2, 0.25) is 0 Å². The Balaban J connectivity index is 2.50. The fourth-order valence-electron chi connectivity index (χ4n) is 3.16. The van der Waals surface area contributed by atoms with Gasteiger partial charge in [-0.25, -0.2) is 0 Å². The number of nitrogens with one attached hydrogen (secondary N) is 1. The van der Waals surface area contributed by atoms with Gasteiger partial charge in [0.05, 0.1) is 0 Å². The van der Waals surface area contributed by atoms with Gasteiger partial charge in [-0.05, 0) is 31.6 Å². The maximum absolute atomic E-state index is 12.5. The summed E-state index contributed by atoms with van der Waals surface area (Å²) in [6.45, 7) is 7.38. The number of alkyl halides is 1. The molecule has 1 unspecified atom stereocenters. The predicted molar refractivity (Wildman–Crippen MR) is 81.0 cm³/mol. The van der Waals surface area contributed by atoms with Gasteiger partial charge in [-0.2, -0.15) is 0 Å². The van der Waals surface area contributed by atoms with E-state index in [9.17, 15) is 4.79 Å². The molecule has 0 bridgehead atoms. The standard InChI is InChI=1S/C15H28BrNO/c1-4-7-13(16)11-17-14(18)15(10-12(2)3)8-5-6-9-15/h12-13H,4-11H2,1-3H3,(H,17,18). The molecule has 1 saturated carbocycles. The van der Waals surface area contributed by atoms with E-state index < -0.39 is 0 Å². The molecule has 106 valence electrons. The van der Waals surface area contributed by atoms with Gasteiger partial charge in [0.2, 0.25) is 5.91 Å². The monoisotopic (exact) mass is 317 g/mol. The van der Waals surface area contributed by atoms with Gasteiger partial charge in [-0.3, -0.25) is 4.79 Å². The van der Waals surface area contributed by atoms with Crippen molar-refractivity contribution in [2.75, 3.05) is 6.54 Å². The van der Waals surface area contributed by atoms with Crippen molar-refractivity contribution in [1.82, 2.24) is 5.32 Å². The Kier molecular flexibility index (Phi) is 6.68. The minimum atomic E-state index is -0.0624. The van der Waals surface area contributed by atoms with Crippen molar-refractivity contribution in [2.45, 2.75) is 70.5 Å². The van der Waals surface area contributed by atoms with Crippen molar-refractivity contribution in [3.8, 4) is 0 Å². The van der Waals surface area contributed by atoms with Gasteiger partial charge >= 0.3 is 0 Å². The first-order valence-electron chi connectivity index (χ1n) is 7.42. The van der Waals surface area contributed by atoms with Gasteiger partial charge in [-0.15, -0.1) is 0 Å². The van der Waals surface area contributed by atoms with E-state index in [1.807, 2.05) is 0 Å². The highest BCUT2D eigenvalue weighted by atomic mass is 79.9. The molecule has 1 amide bonds. The molecule has 2 nitrogen and oxygen atoms in total. The molecule has 1 fully saturated rings. The van der Waals surface area contributed by atoms with Crippen LogP contribution in [-0.2, 0) is 4.79 Å². The van der Waals surface area contributed by atoms with E-state index in [0.717, 1.165) is 38.6 Å². The normalized spacial score (nSPS) is 20.1. The summed E-state index contributed by atoms with van der Waals surface area (Å²) >= 11 is 3.63. The Labute approximate surface area is 120 Å². The highest BCUT2D eigenvalue weighted by molar-refractivity contribution is 9.09. The van der Waals surface area contributed by atoms with Crippen molar-refractivity contribution in [1.29, 1.82) is 0 Å². The Hall–Kier alpha value is -0.0500. The molecular formula is C15H28BrNO. The third-order valence-electron chi connectivity index (χ3n) is 3.93. The van der Waals surface area contributed by atoms with Gasteiger partial charge < -0.3 is 5.32 Å². The van der Waals surface area contributed by atoms with Crippen LogP contribution < -0.4 is 5.32 Å². The number of amides is 1. The minimum absolute atomic E-state index is 0.0624. The molecule has 3 heteroatoms. The molecule has 1 N–H and O–H groups in total. The van der Waals surface area contributed by atoms with Crippen LogP contribution in [0.25, 0.3) is 0 Å². The molecule has 0 aromatic carbocycles. The van der Waals surface area contributed by atoms with Gasteiger partial charge in [0.1, 0.15) is 0 Å². The number of carbonyl (C=O) groups is 1. The molecular weight excluding hydrogens is 290 g/mol. The molecule has 0 aromatic rings. The lowest BCUT2D eigenvalue weighted by Crippen LogP contribution is -2.42. The van der Waals surface area contributed by atoms with Crippen LogP contribution in [-0.4, -0.2) is 17.3 Å². The lowest BCUT2D eigenvalue weighted by Gasteiger charge is -2.30. The molecule has 1 atom stereocenters. The van der Waals surface area contributed by atoms with Crippen molar-refractivity contribution >= 4 is 21.8 Å². The van der Waals surface area contributed by atoms with Crippen LogP contribution in [0.15, 0.2) is 0 Å². The fraction of sp³-hybridized carbons (Fsp3) is 0.933. The van der Waals surface area contributed by atoms with Crippen molar-refractivity contribution in [3.05, 3.63) is 0 Å². The minimum Gasteiger partial charge on any atom is -0.354 e. The Morgan fingerprint density at radius 2 is 1.94 bits per heavy atom. The second-order valence-corrected chi connectivity index (χ2v) is 7.48. The molecule has 1 aliphatic carbocycles. The van der Waals surface area contributed by atoms with Crippen molar-refractivity contribution in [3.63, 3.8) is 0 Å². The van der Waals surface area contributed by atoms with Gasteiger partial charge in [0, 0.05) is 16.8 Å². The van der Waals surface area contributed by atoms with Crippen LogP contribution >= 0.6 is 15.9 Å². The highest BCUT2D eigenvalue weighted by Gasteiger charge is 2.41. The van der Waals surface area contributed by atoms with E-state index in [0.29, 0.717) is 16.7 Å². The topological polar surface area (TPSA) is 29.1 Å².